The maximum Gasteiger partial charge on any atom is 0.338 e. The van der Waals surface area contributed by atoms with E-state index in [1.165, 1.54) is 17.7 Å². The predicted molar refractivity (Wildman–Crippen MR) is 105 cm³/mol. The van der Waals surface area contributed by atoms with Gasteiger partial charge in [0.1, 0.15) is 11.6 Å². The molecule has 1 N–H and O–H groups in total. The summed E-state index contributed by atoms with van der Waals surface area (Å²) in [5.74, 6) is -0.588. The molecule has 0 heterocycles. The fraction of sp³-hybridized carbons (Fsp3) is 0.227. The summed E-state index contributed by atoms with van der Waals surface area (Å²) in [6.45, 7) is 6.19. The van der Waals surface area contributed by atoms with Gasteiger partial charge in [-0.15, -0.1) is 0 Å². The Morgan fingerprint density at radius 2 is 1.89 bits per heavy atom. The van der Waals surface area contributed by atoms with Gasteiger partial charge in [0.2, 0.25) is 0 Å². The van der Waals surface area contributed by atoms with Crippen LogP contribution in [0.3, 0.4) is 0 Å². The van der Waals surface area contributed by atoms with Gasteiger partial charge < -0.3 is 10.1 Å². The summed E-state index contributed by atoms with van der Waals surface area (Å²) in [7, 11) is 0. The molecule has 0 radical (unpaired) electrons. The van der Waals surface area contributed by atoms with Crippen molar-refractivity contribution in [2.75, 3.05) is 11.9 Å². The average Bonchev–Trinajstić information content (AvgIpc) is 2.66. The van der Waals surface area contributed by atoms with Crippen molar-refractivity contribution in [2.24, 2.45) is 0 Å². The van der Waals surface area contributed by atoms with Crippen LogP contribution in [0, 0.1) is 11.3 Å². The second-order valence-electron chi connectivity index (χ2n) is 6.25. The smallest absolute Gasteiger partial charge is 0.338 e. The molecule has 5 heteroatoms. The van der Waals surface area contributed by atoms with Crippen LogP contribution in [-0.2, 0) is 9.53 Å². The van der Waals surface area contributed by atoms with Crippen molar-refractivity contribution >= 4 is 23.6 Å². The lowest BCUT2D eigenvalue weighted by atomic mass is 10.0. The second-order valence-corrected chi connectivity index (χ2v) is 6.25. The van der Waals surface area contributed by atoms with Crippen LogP contribution in [0.4, 0.5) is 5.69 Å². The van der Waals surface area contributed by atoms with E-state index in [2.05, 4.69) is 19.2 Å². The molecule has 27 heavy (non-hydrogen) atoms. The Balaban J connectivity index is 2.16. The quantitative estimate of drug-likeness (QED) is 0.465. The highest BCUT2D eigenvalue weighted by molar-refractivity contribution is 6.10. The summed E-state index contributed by atoms with van der Waals surface area (Å²) in [5, 5.41) is 12.0. The minimum atomic E-state index is -0.536. The van der Waals surface area contributed by atoms with Crippen molar-refractivity contribution in [1.29, 1.82) is 5.26 Å². The Morgan fingerprint density at radius 3 is 2.48 bits per heavy atom. The van der Waals surface area contributed by atoms with E-state index >= 15 is 0 Å². The van der Waals surface area contributed by atoms with Gasteiger partial charge >= 0.3 is 5.97 Å². The molecule has 0 aromatic heterocycles. The molecular formula is C22H22N2O3. The van der Waals surface area contributed by atoms with E-state index in [4.69, 9.17) is 4.74 Å². The number of nitrogens with one attached hydrogen (secondary N) is 1. The van der Waals surface area contributed by atoms with E-state index in [1.54, 1.807) is 25.1 Å². The third-order valence-electron chi connectivity index (χ3n) is 3.91. The molecule has 2 aromatic carbocycles. The predicted octanol–water partition coefficient (Wildman–Crippen LogP) is 4.53. The molecule has 0 spiro atoms. The van der Waals surface area contributed by atoms with Gasteiger partial charge in [0.05, 0.1) is 12.2 Å². The van der Waals surface area contributed by atoms with Gasteiger partial charge in [-0.05, 0) is 48.2 Å². The topological polar surface area (TPSA) is 79.2 Å². The molecular weight excluding hydrogens is 340 g/mol. The fourth-order valence-electron chi connectivity index (χ4n) is 2.43. The molecule has 2 rings (SSSR count). The normalized spacial score (nSPS) is 11.0. The zero-order valence-corrected chi connectivity index (χ0v) is 15.7. The zero-order chi connectivity index (χ0) is 19.8. The number of nitriles is 1. The van der Waals surface area contributed by atoms with E-state index in [9.17, 15) is 14.9 Å². The number of carbonyl (C=O) groups excluding carboxylic acids is 2. The van der Waals surface area contributed by atoms with Crippen LogP contribution in [0.25, 0.3) is 6.08 Å². The highest BCUT2D eigenvalue weighted by Crippen LogP contribution is 2.17. The third-order valence-corrected chi connectivity index (χ3v) is 3.91. The highest BCUT2D eigenvalue weighted by atomic mass is 16.5. The third kappa shape index (κ3) is 5.55. The summed E-state index contributed by atoms with van der Waals surface area (Å²) in [6.07, 6.45) is 1.54. The van der Waals surface area contributed by atoms with Gasteiger partial charge in [0.25, 0.3) is 5.91 Å². The zero-order valence-electron chi connectivity index (χ0n) is 15.7. The molecule has 0 aliphatic heterocycles. The van der Waals surface area contributed by atoms with Crippen LogP contribution in [0.15, 0.2) is 54.1 Å². The van der Waals surface area contributed by atoms with Crippen molar-refractivity contribution in [1.82, 2.24) is 0 Å². The standard InChI is InChI=1S/C22H22N2O3/c1-4-27-22(26)18-6-5-7-20(13-18)24-21(25)19(14-23)12-16-8-10-17(11-9-16)15(2)3/h5-13,15H,4H2,1-3H3,(H,24,25)/b19-12+. The van der Waals surface area contributed by atoms with Gasteiger partial charge in [-0.25, -0.2) is 4.79 Å². The summed E-state index contributed by atoms with van der Waals surface area (Å²) in [6, 6.07) is 16.0. The van der Waals surface area contributed by atoms with Gasteiger partial charge in [0.15, 0.2) is 0 Å². The SMILES string of the molecule is CCOC(=O)c1cccc(NC(=O)/C(C#N)=C/c2ccc(C(C)C)cc2)c1. The largest absolute Gasteiger partial charge is 0.462 e. The van der Waals surface area contributed by atoms with Gasteiger partial charge in [0, 0.05) is 5.69 Å². The lowest BCUT2D eigenvalue weighted by molar-refractivity contribution is -0.112. The molecule has 0 aliphatic carbocycles. The Kier molecular flexibility index (Phi) is 6.90. The average molecular weight is 362 g/mol. The Hall–Kier alpha value is -3.39. The van der Waals surface area contributed by atoms with Crippen molar-refractivity contribution in [2.45, 2.75) is 26.7 Å². The number of anilines is 1. The number of nitrogens with zero attached hydrogens (tertiary/aromatic N) is 1. The van der Waals surface area contributed by atoms with Crippen LogP contribution in [0.2, 0.25) is 0 Å². The monoisotopic (exact) mass is 362 g/mol. The molecule has 1 amide bonds. The first-order valence-corrected chi connectivity index (χ1v) is 8.75. The minimum Gasteiger partial charge on any atom is -0.462 e. The Morgan fingerprint density at radius 1 is 1.19 bits per heavy atom. The van der Waals surface area contributed by atoms with Crippen molar-refractivity contribution in [3.8, 4) is 6.07 Å². The van der Waals surface area contributed by atoms with Gasteiger partial charge in [-0.3, -0.25) is 4.79 Å². The van der Waals surface area contributed by atoms with Crippen LogP contribution < -0.4 is 5.32 Å². The summed E-state index contributed by atoms with van der Waals surface area (Å²) >= 11 is 0. The van der Waals surface area contributed by atoms with E-state index in [0.717, 1.165) is 5.56 Å². The van der Waals surface area contributed by atoms with Crippen molar-refractivity contribution in [3.63, 3.8) is 0 Å². The van der Waals surface area contributed by atoms with Crippen LogP contribution in [0.1, 0.15) is 48.2 Å². The summed E-state index contributed by atoms with van der Waals surface area (Å²) < 4.78 is 4.95. The Labute approximate surface area is 159 Å². The lowest BCUT2D eigenvalue weighted by Gasteiger charge is -2.07. The first kappa shape index (κ1) is 19.9. The molecule has 5 nitrogen and oxygen atoms in total. The molecule has 0 saturated carbocycles. The highest BCUT2D eigenvalue weighted by Gasteiger charge is 2.12. The number of carbonyl (C=O) groups is 2. The Bertz CT molecular complexity index is 891. The fourth-order valence-corrected chi connectivity index (χ4v) is 2.43. The first-order valence-electron chi connectivity index (χ1n) is 8.75. The molecule has 2 aromatic rings. The molecule has 0 atom stereocenters. The number of hydrogen-bond donors (Lipinski definition) is 1. The lowest BCUT2D eigenvalue weighted by Crippen LogP contribution is -2.14. The van der Waals surface area contributed by atoms with Crippen LogP contribution >= 0.6 is 0 Å². The van der Waals surface area contributed by atoms with Crippen LogP contribution in [0.5, 0.6) is 0 Å². The number of esters is 1. The molecule has 0 unspecified atom stereocenters. The number of amides is 1. The van der Waals surface area contributed by atoms with Crippen molar-refractivity contribution in [3.05, 3.63) is 70.8 Å². The number of ether oxygens (including phenoxy) is 1. The van der Waals surface area contributed by atoms with Crippen molar-refractivity contribution < 1.29 is 14.3 Å². The number of rotatable bonds is 6. The second kappa shape index (κ2) is 9.35. The van der Waals surface area contributed by atoms with E-state index in [1.807, 2.05) is 30.3 Å². The molecule has 138 valence electrons. The molecule has 0 bridgehead atoms. The van der Waals surface area contributed by atoms with Crippen LogP contribution in [-0.4, -0.2) is 18.5 Å². The van der Waals surface area contributed by atoms with E-state index in [-0.39, 0.29) is 12.2 Å². The molecule has 0 aliphatic rings. The number of benzene rings is 2. The maximum absolute atomic E-state index is 12.4. The van der Waals surface area contributed by atoms with Gasteiger partial charge in [-0.1, -0.05) is 44.2 Å². The maximum atomic E-state index is 12.4. The van der Waals surface area contributed by atoms with Gasteiger partial charge in [-0.2, -0.15) is 5.26 Å². The first-order chi connectivity index (χ1) is 12.9. The van der Waals surface area contributed by atoms with E-state index < -0.39 is 11.9 Å². The summed E-state index contributed by atoms with van der Waals surface area (Å²) in [4.78, 5) is 24.2. The van der Waals surface area contributed by atoms with E-state index in [0.29, 0.717) is 17.2 Å². The minimum absolute atomic E-state index is 0.0196. The molecule has 0 saturated heterocycles. The molecule has 0 fully saturated rings. The summed E-state index contributed by atoms with van der Waals surface area (Å²) in [5.41, 5.74) is 2.69. The number of hydrogen-bond acceptors (Lipinski definition) is 4.